The van der Waals surface area contributed by atoms with Crippen LogP contribution in [0, 0.1) is 17.8 Å². The number of hydrogen-bond donors (Lipinski definition) is 2. The Labute approximate surface area is 226 Å². The molecular formula is C32H27N3O4. The van der Waals surface area contributed by atoms with E-state index < -0.39 is 17.5 Å². The fourth-order valence-electron chi connectivity index (χ4n) is 5.61. The highest BCUT2D eigenvalue weighted by Crippen LogP contribution is 2.36. The molecule has 1 saturated heterocycles. The number of imide groups is 1. The minimum atomic E-state index is -1.27. The molecule has 6 rings (SSSR count). The van der Waals surface area contributed by atoms with Gasteiger partial charge in [0.25, 0.3) is 11.8 Å². The number of amides is 4. The Balaban J connectivity index is 1.23. The molecule has 2 heterocycles. The summed E-state index contributed by atoms with van der Waals surface area (Å²) in [5, 5.41) is 7.60. The molecule has 0 bridgehead atoms. The number of hydrogen-bond acceptors (Lipinski definition) is 4. The molecule has 3 aliphatic rings. The smallest absolute Gasteiger partial charge is 0.322 e. The van der Waals surface area contributed by atoms with Gasteiger partial charge in [0.2, 0.25) is 0 Å². The van der Waals surface area contributed by atoms with E-state index in [0.29, 0.717) is 24.3 Å². The second-order valence-electron chi connectivity index (χ2n) is 10.00. The summed E-state index contributed by atoms with van der Waals surface area (Å²) in [6.45, 7) is 2.39. The van der Waals surface area contributed by atoms with Crippen molar-refractivity contribution in [2.45, 2.75) is 25.4 Å². The Morgan fingerprint density at radius 2 is 1.90 bits per heavy atom. The highest BCUT2D eigenvalue weighted by Gasteiger charge is 2.53. The molecule has 2 N–H and O–H groups in total. The third-order valence-electron chi connectivity index (χ3n) is 7.67. The summed E-state index contributed by atoms with van der Waals surface area (Å²) in [4.78, 5) is 40.6. The van der Waals surface area contributed by atoms with Crippen molar-refractivity contribution in [1.82, 2.24) is 15.5 Å². The van der Waals surface area contributed by atoms with Crippen molar-refractivity contribution in [3.63, 3.8) is 0 Å². The molecule has 7 heteroatoms. The van der Waals surface area contributed by atoms with Crippen LogP contribution in [0.1, 0.15) is 34.8 Å². The van der Waals surface area contributed by atoms with Crippen molar-refractivity contribution < 1.29 is 19.1 Å². The first kappa shape index (κ1) is 24.5. The minimum absolute atomic E-state index is 0.0593. The Morgan fingerprint density at radius 3 is 2.64 bits per heavy atom. The molecule has 7 nitrogen and oxygen atoms in total. The van der Waals surface area contributed by atoms with Crippen LogP contribution in [-0.4, -0.2) is 41.4 Å². The standard InChI is InChI=1S/C32H27N3O4/c1-2-3-16-39-27-15-12-25-19-35(29(36)28(25)18-27)20-32(30(37)33-31(38)34-32)26-13-10-22(11-14-26)24-9-8-21-6-4-5-7-23(21)17-24/h4-13,15,17-18,26H,14,16,19-20H2,1H3,(H2,33,34,37,38)/t26?,32-/m1/s1. The van der Waals surface area contributed by atoms with Gasteiger partial charge in [-0.15, -0.1) is 5.92 Å². The van der Waals surface area contributed by atoms with E-state index in [-0.39, 0.29) is 25.0 Å². The SMILES string of the molecule is CC#CCOc1ccc2c(c1)C(=O)N(C[C@]1(C3C=CC(c4ccc5ccccc5c4)=CC3)NC(=O)NC1=O)C2. The third-order valence-corrected chi connectivity index (χ3v) is 7.67. The van der Waals surface area contributed by atoms with Crippen LogP contribution in [0.5, 0.6) is 5.75 Å². The summed E-state index contributed by atoms with van der Waals surface area (Å²) in [5.41, 5.74) is 2.26. The summed E-state index contributed by atoms with van der Waals surface area (Å²) in [5.74, 6) is 5.24. The number of urea groups is 1. The monoisotopic (exact) mass is 517 g/mol. The Morgan fingerprint density at radius 1 is 1.05 bits per heavy atom. The summed E-state index contributed by atoms with van der Waals surface area (Å²) in [6, 6.07) is 19.4. The maximum atomic E-state index is 13.4. The topological polar surface area (TPSA) is 87.7 Å². The van der Waals surface area contributed by atoms with Crippen molar-refractivity contribution in [2.24, 2.45) is 5.92 Å². The molecule has 4 amide bonds. The van der Waals surface area contributed by atoms with Gasteiger partial charge in [0, 0.05) is 18.0 Å². The van der Waals surface area contributed by atoms with E-state index in [1.54, 1.807) is 17.9 Å². The van der Waals surface area contributed by atoms with Gasteiger partial charge >= 0.3 is 6.03 Å². The average Bonchev–Trinajstić information content (AvgIpc) is 3.42. The molecule has 1 aliphatic carbocycles. The van der Waals surface area contributed by atoms with Crippen molar-refractivity contribution in [1.29, 1.82) is 0 Å². The first-order valence-electron chi connectivity index (χ1n) is 12.9. The zero-order valence-electron chi connectivity index (χ0n) is 21.5. The average molecular weight is 518 g/mol. The molecule has 1 unspecified atom stereocenters. The van der Waals surface area contributed by atoms with Gasteiger partial charge in [0.1, 0.15) is 17.9 Å². The van der Waals surface area contributed by atoms with Crippen LogP contribution in [0.3, 0.4) is 0 Å². The Bertz CT molecular complexity index is 1640. The summed E-state index contributed by atoms with van der Waals surface area (Å²) in [7, 11) is 0. The number of nitrogens with one attached hydrogen (secondary N) is 2. The lowest BCUT2D eigenvalue weighted by molar-refractivity contribution is -0.125. The number of fused-ring (bicyclic) bond motifs is 2. The van der Waals surface area contributed by atoms with Crippen molar-refractivity contribution >= 4 is 34.2 Å². The number of ether oxygens (including phenoxy) is 1. The van der Waals surface area contributed by atoms with Gasteiger partial charge in [-0.2, -0.15) is 0 Å². The van der Waals surface area contributed by atoms with Crippen molar-refractivity contribution in [3.05, 3.63) is 95.6 Å². The van der Waals surface area contributed by atoms with Gasteiger partial charge in [-0.25, -0.2) is 4.79 Å². The number of nitrogens with zero attached hydrogens (tertiary/aromatic N) is 1. The predicted octanol–water partition coefficient (Wildman–Crippen LogP) is 4.44. The van der Waals surface area contributed by atoms with Gasteiger partial charge in [0.05, 0.1) is 6.54 Å². The van der Waals surface area contributed by atoms with E-state index in [2.05, 4.69) is 58.9 Å². The van der Waals surface area contributed by atoms with Crippen molar-refractivity contribution in [2.75, 3.05) is 13.2 Å². The predicted molar refractivity (Wildman–Crippen MR) is 149 cm³/mol. The number of rotatable bonds is 6. The fourth-order valence-corrected chi connectivity index (χ4v) is 5.61. The van der Waals surface area contributed by atoms with Gasteiger partial charge in [0.15, 0.2) is 0 Å². The van der Waals surface area contributed by atoms with E-state index in [9.17, 15) is 14.4 Å². The molecular weight excluding hydrogens is 490 g/mol. The van der Waals surface area contributed by atoms with E-state index in [4.69, 9.17) is 4.74 Å². The lowest BCUT2D eigenvalue weighted by Crippen LogP contribution is -2.59. The fraction of sp³-hybridized carbons (Fsp3) is 0.219. The lowest BCUT2D eigenvalue weighted by atomic mass is 9.77. The van der Waals surface area contributed by atoms with Gasteiger partial charge < -0.3 is 15.0 Å². The minimum Gasteiger partial charge on any atom is -0.481 e. The molecule has 2 aliphatic heterocycles. The molecule has 0 spiro atoms. The van der Waals surface area contributed by atoms with Gasteiger partial charge in [-0.05, 0) is 59.0 Å². The molecule has 3 aromatic rings. The summed E-state index contributed by atoms with van der Waals surface area (Å²) >= 11 is 0. The zero-order chi connectivity index (χ0) is 27.0. The Kier molecular flexibility index (Phi) is 6.16. The summed E-state index contributed by atoms with van der Waals surface area (Å²) in [6.07, 6.45) is 6.61. The van der Waals surface area contributed by atoms with Crippen LogP contribution in [0.25, 0.3) is 16.3 Å². The normalized spacial score (nSPS) is 21.7. The maximum Gasteiger partial charge on any atom is 0.322 e. The van der Waals surface area contributed by atoms with Crippen LogP contribution in [0.2, 0.25) is 0 Å². The van der Waals surface area contributed by atoms with Gasteiger partial charge in [-0.1, -0.05) is 66.6 Å². The van der Waals surface area contributed by atoms with Crippen LogP contribution >= 0.6 is 0 Å². The zero-order valence-corrected chi connectivity index (χ0v) is 21.5. The maximum absolute atomic E-state index is 13.4. The number of carbonyl (C=O) groups excluding carboxylic acids is 3. The molecule has 0 aromatic heterocycles. The van der Waals surface area contributed by atoms with Crippen LogP contribution in [0.4, 0.5) is 4.79 Å². The molecule has 2 atom stereocenters. The Hall–Kier alpha value is -4.83. The van der Waals surface area contributed by atoms with E-state index >= 15 is 0 Å². The molecule has 1 fully saturated rings. The highest BCUT2D eigenvalue weighted by molar-refractivity contribution is 6.08. The van der Waals surface area contributed by atoms with E-state index in [1.807, 2.05) is 36.4 Å². The molecule has 39 heavy (non-hydrogen) atoms. The van der Waals surface area contributed by atoms with E-state index in [0.717, 1.165) is 22.1 Å². The van der Waals surface area contributed by atoms with Crippen LogP contribution in [0.15, 0.2) is 78.9 Å². The third kappa shape index (κ3) is 4.44. The van der Waals surface area contributed by atoms with Crippen LogP contribution in [-0.2, 0) is 11.3 Å². The number of carbonyl (C=O) groups is 3. The second kappa shape index (κ2) is 9.80. The number of allylic oxidation sites excluding steroid dienone is 3. The highest BCUT2D eigenvalue weighted by atomic mass is 16.5. The second-order valence-corrected chi connectivity index (χ2v) is 10.00. The molecule has 0 radical (unpaired) electrons. The van der Waals surface area contributed by atoms with Gasteiger partial charge in [-0.3, -0.25) is 14.9 Å². The first-order chi connectivity index (χ1) is 19.0. The molecule has 3 aromatic carbocycles. The largest absolute Gasteiger partial charge is 0.481 e. The summed E-state index contributed by atoms with van der Waals surface area (Å²) < 4.78 is 5.62. The first-order valence-corrected chi connectivity index (χ1v) is 12.9. The molecule has 194 valence electrons. The van der Waals surface area contributed by atoms with Crippen LogP contribution < -0.4 is 15.4 Å². The number of benzene rings is 3. The van der Waals surface area contributed by atoms with E-state index in [1.165, 1.54) is 5.39 Å². The lowest BCUT2D eigenvalue weighted by Gasteiger charge is -2.37. The molecule has 0 saturated carbocycles. The van der Waals surface area contributed by atoms with Crippen molar-refractivity contribution in [3.8, 4) is 17.6 Å². The quantitative estimate of drug-likeness (QED) is 0.374.